The number of carbonyl (C=O) groups excluding carboxylic acids is 2. The molecule has 0 bridgehead atoms. The number of fused-ring (bicyclic) bond motifs is 1. The Morgan fingerprint density at radius 3 is 2.71 bits per heavy atom. The number of aromatic amines is 2. The number of amides is 2. The predicted molar refractivity (Wildman–Crippen MR) is 131 cm³/mol. The quantitative estimate of drug-likeness (QED) is 0.474. The Labute approximate surface area is 202 Å². The number of hydrogen-bond acceptors (Lipinski definition) is 5. The fourth-order valence-electron chi connectivity index (χ4n) is 5.46. The normalized spacial score (nSPS) is 17.5. The van der Waals surface area contributed by atoms with E-state index in [1.54, 1.807) is 19.6 Å². The van der Waals surface area contributed by atoms with Crippen molar-refractivity contribution in [2.45, 2.75) is 19.3 Å². The zero-order valence-corrected chi connectivity index (χ0v) is 19.5. The van der Waals surface area contributed by atoms with Gasteiger partial charge in [-0.2, -0.15) is 5.10 Å². The summed E-state index contributed by atoms with van der Waals surface area (Å²) in [6.45, 7) is 1.78. The molecule has 2 aliphatic heterocycles. The van der Waals surface area contributed by atoms with Gasteiger partial charge in [-0.1, -0.05) is 6.07 Å². The standard InChI is InChI=1S/C26H26N6O3/c1-35-22-13-18(5-6-19(22)17-14-29-30-15-17)32-12-9-26(25(32)34)7-10-31(11-8-26)24(33)20-3-2-4-21-23(20)28-16-27-21/h2-6,13-16H,7-12H2,1H3,(H,27,28)(H,29,30). The Morgan fingerprint density at radius 2 is 1.94 bits per heavy atom. The zero-order valence-electron chi connectivity index (χ0n) is 19.5. The molecule has 2 N–H and O–H groups in total. The Balaban J connectivity index is 1.18. The summed E-state index contributed by atoms with van der Waals surface area (Å²) in [5, 5.41) is 6.84. The summed E-state index contributed by atoms with van der Waals surface area (Å²) in [5.41, 5.74) is 4.40. The second-order valence-electron chi connectivity index (χ2n) is 9.26. The summed E-state index contributed by atoms with van der Waals surface area (Å²) in [6, 6.07) is 11.4. The summed E-state index contributed by atoms with van der Waals surface area (Å²) in [5.74, 6) is 0.808. The highest BCUT2D eigenvalue weighted by molar-refractivity contribution is 6.05. The molecule has 0 radical (unpaired) electrons. The van der Waals surface area contributed by atoms with Crippen molar-refractivity contribution in [1.82, 2.24) is 25.1 Å². The molecule has 6 rings (SSSR count). The smallest absolute Gasteiger partial charge is 0.256 e. The number of hydrogen-bond donors (Lipinski definition) is 2. The third-order valence-electron chi connectivity index (χ3n) is 7.51. The van der Waals surface area contributed by atoms with Crippen LogP contribution in [0, 0.1) is 5.41 Å². The van der Waals surface area contributed by atoms with Crippen LogP contribution in [0.1, 0.15) is 29.6 Å². The summed E-state index contributed by atoms with van der Waals surface area (Å²) >= 11 is 0. The Hall–Kier alpha value is -4.14. The van der Waals surface area contributed by atoms with Crippen molar-refractivity contribution in [2.24, 2.45) is 5.41 Å². The summed E-state index contributed by atoms with van der Waals surface area (Å²) in [7, 11) is 1.63. The van der Waals surface area contributed by atoms with E-state index >= 15 is 0 Å². The lowest BCUT2D eigenvalue weighted by Gasteiger charge is -2.38. The summed E-state index contributed by atoms with van der Waals surface area (Å²) in [6.07, 6.45) is 7.28. The van der Waals surface area contributed by atoms with Gasteiger partial charge < -0.3 is 19.5 Å². The van der Waals surface area contributed by atoms with Crippen LogP contribution in [0.2, 0.25) is 0 Å². The number of methoxy groups -OCH3 is 1. The largest absolute Gasteiger partial charge is 0.496 e. The lowest BCUT2D eigenvalue weighted by atomic mass is 9.77. The topological polar surface area (TPSA) is 107 Å². The first-order valence-corrected chi connectivity index (χ1v) is 11.8. The fraction of sp³-hybridized carbons (Fsp3) is 0.308. The van der Waals surface area contributed by atoms with Gasteiger partial charge in [0.25, 0.3) is 5.91 Å². The van der Waals surface area contributed by atoms with Gasteiger partial charge in [-0.3, -0.25) is 14.7 Å². The minimum absolute atomic E-state index is 0.0283. The van der Waals surface area contributed by atoms with Crippen molar-refractivity contribution in [3.63, 3.8) is 0 Å². The van der Waals surface area contributed by atoms with Crippen LogP contribution in [0.15, 0.2) is 55.1 Å². The number of benzene rings is 2. The molecule has 0 atom stereocenters. The third-order valence-corrected chi connectivity index (χ3v) is 7.51. The molecule has 178 valence electrons. The van der Waals surface area contributed by atoms with Crippen molar-refractivity contribution >= 4 is 28.5 Å². The lowest BCUT2D eigenvalue weighted by molar-refractivity contribution is -0.127. The molecule has 0 saturated carbocycles. The predicted octanol–water partition coefficient (Wildman–Crippen LogP) is 3.62. The van der Waals surface area contributed by atoms with Crippen LogP contribution in [0.3, 0.4) is 0 Å². The van der Waals surface area contributed by atoms with Gasteiger partial charge in [0.15, 0.2) is 0 Å². The molecule has 2 amide bonds. The minimum Gasteiger partial charge on any atom is -0.496 e. The number of rotatable bonds is 4. The van der Waals surface area contributed by atoms with E-state index in [1.807, 2.05) is 52.4 Å². The highest BCUT2D eigenvalue weighted by Crippen LogP contribution is 2.44. The SMILES string of the molecule is COc1cc(N2CCC3(CCN(C(=O)c4cccc5[nH]cnc45)CC3)C2=O)ccc1-c1cn[nH]c1. The Morgan fingerprint density at radius 1 is 1.11 bits per heavy atom. The van der Waals surface area contributed by atoms with E-state index < -0.39 is 5.41 Å². The molecule has 9 heteroatoms. The van der Waals surface area contributed by atoms with Crippen molar-refractivity contribution in [3.8, 4) is 16.9 Å². The monoisotopic (exact) mass is 470 g/mol. The molecule has 4 aromatic rings. The van der Waals surface area contributed by atoms with Gasteiger partial charge in [0, 0.05) is 48.7 Å². The van der Waals surface area contributed by atoms with E-state index in [1.165, 1.54) is 0 Å². The second-order valence-corrected chi connectivity index (χ2v) is 9.26. The van der Waals surface area contributed by atoms with Crippen LogP contribution in [-0.2, 0) is 4.79 Å². The number of para-hydroxylation sites is 1. The van der Waals surface area contributed by atoms with Crippen molar-refractivity contribution < 1.29 is 14.3 Å². The maximum Gasteiger partial charge on any atom is 0.256 e. The average molecular weight is 471 g/mol. The molecule has 4 heterocycles. The molecule has 35 heavy (non-hydrogen) atoms. The van der Waals surface area contributed by atoms with Crippen LogP contribution in [-0.4, -0.2) is 63.6 Å². The third kappa shape index (κ3) is 3.46. The number of piperidine rings is 1. The highest BCUT2D eigenvalue weighted by atomic mass is 16.5. The van der Waals surface area contributed by atoms with Crippen LogP contribution in [0.25, 0.3) is 22.2 Å². The maximum absolute atomic E-state index is 13.6. The van der Waals surface area contributed by atoms with Gasteiger partial charge in [0.05, 0.1) is 36.1 Å². The van der Waals surface area contributed by atoms with Crippen LogP contribution >= 0.6 is 0 Å². The van der Waals surface area contributed by atoms with E-state index in [4.69, 9.17) is 4.74 Å². The number of nitrogens with zero attached hydrogens (tertiary/aromatic N) is 4. The first-order valence-electron chi connectivity index (χ1n) is 11.8. The molecular weight excluding hydrogens is 444 g/mol. The second kappa shape index (κ2) is 8.26. The van der Waals surface area contributed by atoms with E-state index in [0.717, 1.165) is 28.8 Å². The number of anilines is 1. The van der Waals surface area contributed by atoms with E-state index in [0.29, 0.717) is 49.3 Å². The highest BCUT2D eigenvalue weighted by Gasteiger charge is 2.49. The number of carbonyl (C=O) groups is 2. The molecular formula is C26H26N6O3. The molecule has 0 unspecified atom stereocenters. The van der Waals surface area contributed by atoms with Gasteiger partial charge in [-0.25, -0.2) is 4.98 Å². The molecule has 0 aliphatic carbocycles. The van der Waals surface area contributed by atoms with Gasteiger partial charge >= 0.3 is 0 Å². The van der Waals surface area contributed by atoms with Gasteiger partial charge in [0.1, 0.15) is 11.3 Å². The first kappa shape index (κ1) is 21.4. The number of imidazole rings is 1. The molecule has 2 saturated heterocycles. The molecule has 2 aromatic heterocycles. The Bertz CT molecular complexity index is 1400. The molecule has 2 aromatic carbocycles. The summed E-state index contributed by atoms with van der Waals surface area (Å²) in [4.78, 5) is 38.0. The fourth-order valence-corrected chi connectivity index (χ4v) is 5.46. The number of ether oxygens (including phenoxy) is 1. The number of likely N-dealkylation sites (tertiary alicyclic amines) is 1. The van der Waals surface area contributed by atoms with E-state index in [2.05, 4.69) is 20.2 Å². The van der Waals surface area contributed by atoms with Crippen LogP contribution in [0.4, 0.5) is 5.69 Å². The zero-order chi connectivity index (χ0) is 24.0. The lowest BCUT2D eigenvalue weighted by Crippen LogP contribution is -2.46. The summed E-state index contributed by atoms with van der Waals surface area (Å²) < 4.78 is 5.62. The molecule has 2 aliphatic rings. The van der Waals surface area contributed by atoms with Gasteiger partial charge in [-0.15, -0.1) is 0 Å². The number of nitrogens with one attached hydrogen (secondary N) is 2. The van der Waals surface area contributed by atoms with E-state index in [-0.39, 0.29) is 11.8 Å². The van der Waals surface area contributed by atoms with Gasteiger partial charge in [0.2, 0.25) is 5.91 Å². The van der Waals surface area contributed by atoms with Crippen molar-refractivity contribution in [2.75, 3.05) is 31.6 Å². The molecule has 1 spiro atoms. The van der Waals surface area contributed by atoms with Crippen molar-refractivity contribution in [3.05, 3.63) is 60.7 Å². The van der Waals surface area contributed by atoms with Crippen molar-refractivity contribution in [1.29, 1.82) is 0 Å². The minimum atomic E-state index is -0.425. The molecule has 2 fully saturated rings. The number of aromatic nitrogens is 4. The maximum atomic E-state index is 13.6. The van der Waals surface area contributed by atoms with E-state index in [9.17, 15) is 9.59 Å². The van der Waals surface area contributed by atoms with Crippen LogP contribution in [0.5, 0.6) is 5.75 Å². The Kier molecular flexibility index (Phi) is 5.05. The average Bonchev–Trinajstić information content (AvgIpc) is 3.65. The first-order chi connectivity index (χ1) is 17.1. The number of H-pyrrole nitrogens is 2. The van der Waals surface area contributed by atoms with Crippen LogP contribution < -0.4 is 9.64 Å². The molecule has 9 nitrogen and oxygen atoms in total. The van der Waals surface area contributed by atoms with Gasteiger partial charge in [-0.05, 0) is 43.5 Å².